The van der Waals surface area contributed by atoms with Crippen LogP contribution in [0.2, 0.25) is 0 Å². The Hall–Kier alpha value is -2.08. The van der Waals surface area contributed by atoms with Crippen LogP contribution < -0.4 is 0 Å². The number of rotatable bonds is 4. The van der Waals surface area contributed by atoms with E-state index in [1.807, 2.05) is 0 Å². The van der Waals surface area contributed by atoms with E-state index in [4.69, 9.17) is 9.84 Å². The number of morpholine rings is 1. The lowest BCUT2D eigenvalue weighted by atomic mass is 10.1. The summed E-state index contributed by atoms with van der Waals surface area (Å²) >= 11 is 0. The van der Waals surface area contributed by atoms with E-state index >= 15 is 0 Å². The molecule has 0 bridgehead atoms. The highest BCUT2D eigenvalue weighted by molar-refractivity contribution is 5.84. The first kappa shape index (κ1) is 14.3. The van der Waals surface area contributed by atoms with Crippen molar-refractivity contribution >= 4 is 11.9 Å². The van der Waals surface area contributed by atoms with Crippen molar-refractivity contribution in [1.82, 2.24) is 4.90 Å². The monoisotopic (exact) mass is 279 g/mol. The van der Waals surface area contributed by atoms with Gasteiger partial charge in [-0.3, -0.25) is 4.79 Å². The van der Waals surface area contributed by atoms with Crippen LogP contribution >= 0.6 is 0 Å². The smallest absolute Gasteiger partial charge is 0.328 e. The highest BCUT2D eigenvalue weighted by atomic mass is 16.5. The molecule has 0 aliphatic carbocycles. The summed E-state index contributed by atoms with van der Waals surface area (Å²) in [5, 5.41) is 18.7. The quantitative estimate of drug-likeness (QED) is 0.844. The van der Waals surface area contributed by atoms with Crippen molar-refractivity contribution in [2.75, 3.05) is 19.8 Å². The van der Waals surface area contributed by atoms with Gasteiger partial charge in [0.2, 0.25) is 5.91 Å². The minimum absolute atomic E-state index is 0.0255. The Morgan fingerprint density at radius 1 is 1.35 bits per heavy atom. The lowest BCUT2D eigenvalue weighted by molar-refractivity contribution is -0.158. The summed E-state index contributed by atoms with van der Waals surface area (Å²) in [6.45, 7) is 0.667. The third-order valence-corrected chi connectivity index (χ3v) is 3.33. The second kappa shape index (κ2) is 6.38. The SMILES string of the molecule is O=C(O)C1COCCN1C(=O)CCc1ccccc1O. The number of carboxylic acid groups (broad SMARTS) is 1. The van der Waals surface area contributed by atoms with E-state index in [9.17, 15) is 14.7 Å². The Labute approximate surface area is 116 Å². The first-order chi connectivity index (χ1) is 9.59. The van der Waals surface area contributed by atoms with Gasteiger partial charge < -0.3 is 19.8 Å². The van der Waals surface area contributed by atoms with Crippen molar-refractivity contribution in [3.05, 3.63) is 29.8 Å². The summed E-state index contributed by atoms with van der Waals surface area (Å²) < 4.78 is 5.09. The average Bonchev–Trinajstić information content (AvgIpc) is 2.46. The van der Waals surface area contributed by atoms with Gasteiger partial charge in [0.25, 0.3) is 0 Å². The van der Waals surface area contributed by atoms with Gasteiger partial charge in [0.15, 0.2) is 6.04 Å². The molecule has 1 aliphatic rings. The Bertz CT molecular complexity index is 502. The molecule has 1 aliphatic heterocycles. The molecule has 1 amide bonds. The Kier molecular flexibility index (Phi) is 4.57. The van der Waals surface area contributed by atoms with Gasteiger partial charge in [-0.25, -0.2) is 4.79 Å². The number of aromatic hydroxyl groups is 1. The van der Waals surface area contributed by atoms with E-state index in [0.29, 0.717) is 18.6 Å². The van der Waals surface area contributed by atoms with Crippen molar-refractivity contribution in [3.63, 3.8) is 0 Å². The van der Waals surface area contributed by atoms with E-state index in [1.165, 1.54) is 4.90 Å². The lowest BCUT2D eigenvalue weighted by Gasteiger charge is -2.32. The van der Waals surface area contributed by atoms with Crippen molar-refractivity contribution in [2.24, 2.45) is 0 Å². The van der Waals surface area contributed by atoms with Gasteiger partial charge in [-0.1, -0.05) is 18.2 Å². The lowest BCUT2D eigenvalue weighted by Crippen LogP contribution is -2.52. The maximum absolute atomic E-state index is 12.1. The zero-order chi connectivity index (χ0) is 14.5. The predicted molar refractivity (Wildman–Crippen MR) is 70.4 cm³/mol. The number of amides is 1. The number of carboxylic acids is 1. The van der Waals surface area contributed by atoms with Crippen LogP contribution in [0.25, 0.3) is 0 Å². The third kappa shape index (κ3) is 3.27. The topological polar surface area (TPSA) is 87.1 Å². The number of para-hydroxylation sites is 1. The molecule has 1 atom stereocenters. The second-order valence-corrected chi connectivity index (χ2v) is 4.64. The molecule has 108 valence electrons. The fourth-order valence-electron chi connectivity index (χ4n) is 2.21. The molecule has 6 nitrogen and oxygen atoms in total. The van der Waals surface area contributed by atoms with Crippen LogP contribution in [0.3, 0.4) is 0 Å². The molecular formula is C14H17NO5. The molecule has 0 aromatic heterocycles. The number of hydrogen-bond acceptors (Lipinski definition) is 4. The van der Waals surface area contributed by atoms with Gasteiger partial charge in [0.1, 0.15) is 5.75 Å². The van der Waals surface area contributed by atoms with Crippen molar-refractivity contribution in [3.8, 4) is 5.75 Å². The van der Waals surface area contributed by atoms with Crippen LogP contribution in [0, 0.1) is 0 Å². The summed E-state index contributed by atoms with van der Waals surface area (Å²) in [5.41, 5.74) is 0.681. The molecule has 2 N–H and O–H groups in total. The molecule has 2 rings (SSSR count). The molecule has 1 aromatic carbocycles. The Morgan fingerprint density at radius 3 is 2.80 bits per heavy atom. The number of phenols is 1. The van der Waals surface area contributed by atoms with Crippen LogP contribution in [0.4, 0.5) is 0 Å². The number of phenolic OH excluding ortho intramolecular Hbond substituents is 1. The zero-order valence-electron chi connectivity index (χ0n) is 11.0. The summed E-state index contributed by atoms with van der Waals surface area (Å²) in [6.07, 6.45) is 0.552. The van der Waals surface area contributed by atoms with Crippen LogP contribution in [0.5, 0.6) is 5.75 Å². The molecule has 20 heavy (non-hydrogen) atoms. The zero-order valence-corrected chi connectivity index (χ0v) is 11.0. The maximum Gasteiger partial charge on any atom is 0.328 e. The number of benzene rings is 1. The van der Waals surface area contributed by atoms with Gasteiger partial charge in [-0.2, -0.15) is 0 Å². The maximum atomic E-state index is 12.1. The first-order valence-corrected chi connectivity index (χ1v) is 6.46. The minimum atomic E-state index is -1.05. The van der Waals surface area contributed by atoms with Crippen LogP contribution in [0.15, 0.2) is 24.3 Å². The number of aryl methyl sites for hydroxylation is 1. The van der Waals surface area contributed by atoms with Gasteiger partial charge in [0.05, 0.1) is 13.2 Å². The highest BCUT2D eigenvalue weighted by Gasteiger charge is 2.32. The van der Waals surface area contributed by atoms with E-state index in [1.54, 1.807) is 24.3 Å². The van der Waals surface area contributed by atoms with Crippen LogP contribution in [0.1, 0.15) is 12.0 Å². The van der Waals surface area contributed by atoms with Gasteiger partial charge in [-0.15, -0.1) is 0 Å². The number of carbonyl (C=O) groups is 2. The van der Waals surface area contributed by atoms with E-state index in [0.717, 1.165) is 0 Å². The number of carbonyl (C=O) groups excluding carboxylic acids is 1. The van der Waals surface area contributed by atoms with E-state index < -0.39 is 12.0 Å². The largest absolute Gasteiger partial charge is 0.508 e. The molecule has 6 heteroatoms. The molecule has 1 saturated heterocycles. The number of nitrogens with zero attached hydrogens (tertiary/aromatic N) is 1. The number of ether oxygens (including phenoxy) is 1. The summed E-state index contributed by atoms with van der Waals surface area (Å²) in [7, 11) is 0. The number of aliphatic carboxylic acids is 1. The average molecular weight is 279 g/mol. The summed E-state index contributed by atoms with van der Waals surface area (Å²) in [4.78, 5) is 24.5. The standard InChI is InChI=1S/C14H17NO5/c16-12-4-2-1-3-10(12)5-6-13(17)15-7-8-20-9-11(15)14(18)19/h1-4,11,16H,5-9H2,(H,18,19). The van der Waals surface area contributed by atoms with Crippen LogP contribution in [-0.4, -0.2) is 52.8 Å². The molecule has 1 heterocycles. The third-order valence-electron chi connectivity index (χ3n) is 3.33. The normalized spacial score (nSPS) is 18.8. The van der Waals surface area contributed by atoms with E-state index in [2.05, 4.69) is 0 Å². The Balaban J connectivity index is 1.97. The van der Waals surface area contributed by atoms with Gasteiger partial charge >= 0.3 is 5.97 Å². The molecule has 0 saturated carbocycles. The molecule has 1 aromatic rings. The van der Waals surface area contributed by atoms with Crippen molar-refractivity contribution in [2.45, 2.75) is 18.9 Å². The van der Waals surface area contributed by atoms with Crippen molar-refractivity contribution in [1.29, 1.82) is 0 Å². The Morgan fingerprint density at radius 2 is 2.10 bits per heavy atom. The number of hydrogen-bond donors (Lipinski definition) is 2. The fourth-order valence-corrected chi connectivity index (χ4v) is 2.21. The molecule has 1 unspecified atom stereocenters. The summed E-state index contributed by atoms with van der Waals surface area (Å²) in [5.74, 6) is -1.14. The molecule has 0 radical (unpaired) electrons. The predicted octanol–water partition coefficient (Wildman–Crippen LogP) is 0.637. The summed E-state index contributed by atoms with van der Waals surface area (Å²) in [6, 6.07) is 5.89. The van der Waals surface area contributed by atoms with Gasteiger partial charge in [-0.05, 0) is 18.1 Å². The van der Waals surface area contributed by atoms with E-state index in [-0.39, 0.29) is 31.2 Å². The first-order valence-electron chi connectivity index (χ1n) is 6.46. The highest BCUT2D eigenvalue weighted by Crippen LogP contribution is 2.18. The fraction of sp³-hybridized carbons (Fsp3) is 0.429. The molecule has 1 fully saturated rings. The second-order valence-electron chi connectivity index (χ2n) is 4.64. The van der Waals surface area contributed by atoms with Crippen LogP contribution in [-0.2, 0) is 20.7 Å². The minimum Gasteiger partial charge on any atom is -0.508 e. The van der Waals surface area contributed by atoms with Gasteiger partial charge in [0, 0.05) is 13.0 Å². The molecule has 0 spiro atoms. The van der Waals surface area contributed by atoms with Crippen molar-refractivity contribution < 1.29 is 24.5 Å². The molecular weight excluding hydrogens is 262 g/mol.